The lowest BCUT2D eigenvalue weighted by Crippen LogP contribution is -2.52. The number of rotatable bonds is 6. The zero-order chi connectivity index (χ0) is 21.9. The fraction of sp³-hybridized carbons (Fsp3) is 0.300. The first-order valence-corrected chi connectivity index (χ1v) is 9.58. The Balaban J connectivity index is 1.61. The van der Waals surface area contributed by atoms with Gasteiger partial charge in [-0.3, -0.25) is 14.4 Å². The third-order valence-electron chi connectivity index (χ3n) is 4.66. The fourth-order valence-electron chi connectivity index (χ4n) is 3.18. The summed E-state index contributed by atoms with van der Waals surface area (Å²) in [5.41, 5.74) is -1.22. The van der Waals surface area contributed by atoms with Gasteiger partial charge in [-0.1, -0.05) is 11.6 Å². The van der Waals surface area contributed by atoms with Crippen LogP contribution in [-0.2, 0) is 20.8 Å². The Bertz CT molecular complexity index is 965. The molecule has 30 heavy (non-hydrogen) atoms. The number of carbonyl (C=O) groups excluding carboxylic acids is 3. The summed E-state index contributed by atoms with van der Waals surface area (Å²) in [6.45, 7) is 1.58. The minimum absolute atomic E-state index is 0.0864. The molecule has 3 N–H and O–H groups in total. The maximum Gasteiger partial charge on any atom is 0.268 e. The molecule has 1 aliphatic heterocycles. The normalized spacial score (nSPS) is 18.4. The number of anilines is 2. The number of nitrogens with zero attached hydrogens (tertiary/aromatic N) is 2. The molecule has 2 aromatic rings. The minimum Gasteiger partial charge on any atom is -0.372 e. The lowest BCUT2D eigenvalue weighted by atomic mass is 10.0. The van der Waals surface area contributed by atoms with Crippen LogP contribution in [0.3, 0.4) is 0 Å². The van der Waals surface area contributed by atoms with Crippen LogP contribution in [0.2, 0.25) is 5.02 Å². The molecule has 0 bridgehead atoms. The molecule has 1 saturated heterocycles. The molecule has 10 heteroatoms. The van der Waals surface area contributed by atoms with Gasteiger partial charge in [0.05, 0.1) is 11.9 Å². The summed E-state index contributed by atoms with van der Waals surface area (Å²) in [6, 6.07) is 7.13. The Kier molecular flexibility index (Phi) is 6.33. The van der Waals surface area contributed by atoms with E-state index in [-0.39, 0.29) is 36.9 Å². The van der Waals surface area contributed by atoms with Crippen molar-refractivity contribution in [3.63, 3.8) is 0 Å². The topological polar surface area (TPSA) is 112 Å². The molecule has 1 aromatic carbocycles. The van der Waals surface area contributed by atoms with Crippen LogP contribution in [0.5, 0.6) is 0 Å². The Morgan fingerprint density at radius 2 is 2.10 bits per heavy atom. The van der Waals surface area contributed by atoms with Crippen molar-refractivity contribution in [1.82, 2.24) is 10.3 Å². The second kappa shape index (κ2) is 8.76. The second-order valence-corrected chi connectivity index (χ2v) is 7.37. The molecule has 0 spiro atoms. The molecule has 0 aliphatic carbocycles. The molecule has 8 nitrogen and oxygen atoms in total. The number of pyridine rings is 1. The van der Waals surface area contributed by atoms with Gasteiger partial charge in [-0.25, -0.2) is 9.37 Å². The number of hydrogen-bond donors (Lipinski definition) is 3. The van der Waals surface area contributed by atoms with Crippen molar-refractivity contribution >= 4 is 40.8 Å². The molecule has 0 unspecified atom stereocenters. The maximum atomic E-state index is 13.4. The molecule has 1 aliphatic rings. The molecular formula is C20H20ClFN4O4. The highest BCUT2D eigenvalue weighted by molar-refractivity contribution is 6.30. The largest absolute Gasteiger partial charge is 0.372 e. The van der Waals surface area contributed by atoms with Crippen LogP contribution in [0.15, 0.2) is 36.5 Å². The SMILES string of the molecule is CC(=O)Nc1ccc(N2CC[C@](O)(C(=O)NCCc3cc(F)cc(Cl)c3)C2=O)cn1. The van der Waals surface area contributed by atoms with E-state index >= 15 is 0 Å². The molecule has 0 saturated carbocycles. The Morgan fingerprint density at radius 3 is 2.73 bits per heavy atom. The minimum atomic E-state index is -2.20. The Hall–Kier alpha value is -3.04. The lowest BCUT2D eigenvalue weighted by Gasteiger charge is -2.21. The summed E-state index contributed by atoms with van der Waals surface area (Å²) < 4.78 is 13.4. The number of hydrogen-bond acceptors (Lipinski definition) is 5. The van der Waals surface area contributed by atoms with E-state index in [2.05, 4.69) is 15.6 Å². The summed E-state index contributed by atoms with van der Waals surface area (Å²) >= 11 is 5.80. The smallest absolute Gasteiger partial charge is 0.268 e. The zero-order valence-corrected chi connectivity index (χ0v) is 16.9. The average Bonchev–Trinajstić information content (AvgIpc) is 2.97. The van der Waals surface area contributed by atoms with Gasteiger partial charge >= 0.3 is 0 Å². The van der Waals surface area contributed by atoms with E-state index in [4.69, 9.17) is 11.6 Å². The van der Waals surface area contributed by atoms with Gasteiger partial charge in [-0.15, -0.1) is 0 Å². The standard InChI is InChI=1S/C20H20ClFN4O4/c1-12(27)25-17-3-2-16(11-24-17)26-7-5-20(30,19(26)29)18(28)23-6-4-13-8-14(21)10-15(22)9-13/h2-3,8-11,30H,4-7H2,1H3,(H,23,28)(H,24,25,27)/t20-/m0/s1. The number of amides is 3. The van der Waals surface area contributed by atoms with Crippen LogP contribution in [0.25, 0.3) is 0 Å². The molecule has 3 rings (SSSR count). The highest BCUT2D eigenvalue weighted by Gasteiger charge is 2.51. The van der Waals surface area contributed by atoms with Crippen LogP contribution in [0.1, 0.15) is 18.9 Å². The van der Waals surface area contributed by atoms with Gasteiger partial charge in [0.2, 0.25) is 11.5 Å². The number of halogens is 2. The quantitative estimate of drug-likeness (QED) is 0.599. The van der Waals surface area contributed by atoms with Crippen molar-refractivity contribution in [3.05, 3.63) is 52.9 Å². The molecule has 3 amide bonds. The number of aromatic nitrogens is 1. The van der Waals surface area contributed by atoms with Gasteiger partial charge in [0, 0.05) is 31.5 Å². The van der Waals surface area contributed by atoms with E-state index in [9.17, 15) is 23.9 Å². The first kappa shape index (κ1) is 21.7. The predicted octanol–water partition coefficient (Wildman–Crippen LogP) is 1.66. The predicted molar refractivity (Wildman–Crippen MR) is 109 cm³/mol. The summed E-state index contributed by atoms with van der Waals surface area (Å²) in [5, 5.41) is 15.9. The maximum absolute atomic E-state index is 13.4. The van der Waals surface area contributed by atoms with Crippen molar-refractivity contribution in [2.24, 2.45) is 0 Å². The van der Waals surface area contributed by atoms with Crippen LogP contribution in [0, 0.1) is 5.82 Å². The highest BCUT2D eigenvalue weighted by atomic mass is 35.5. The van der Waals surface area contributed by atoms with Gasteiger partial charge < -0.3 is 20.6 Å². The van der Waals surface area contributed by atoms with Crippen LogP contribution in [-0.4, -0.2) is 46.5 Å². The third kappa shape index (κ3) is 4.74. The van der Waals surface area contributed by atoms with E-state index in [1.54, 1.807) is 12.1 Å². The molecule has 1 fully saturated rings. The van der Waals surface area contributed by atoms with E-state index in [1.165, 1.54) is 36.2 Å². The van der Waals surface area contributed by atoms with Gasteiger partial charge in [0.1, 0.15) is 11.6 Å². The molecule has 1 atom stereocenters. The van der Waals surface area contributed by atoms with E-state index < -0.39 is 23.2 Å². The third-order valence-corrected chi connectivity index (χ3v) is 4.88. The molecule has 2 heterocycles. The number of aliphatic hydroxyl groups is 1. The van der Waals surface area contributed by atoms with Crippen molar-refractivity contribution in [2.75, 3.05) is 23.3 Å². The summed E-state index contributed by atoms with van der Waals surface area (Å²) in [4.78, 5) is 41.5. The number of nitrogens with one attached hydrogen (secondary N) is 2. The van der Waals surface area contributed by atoms with E-state index in [1.807, 2.05) is 0 Å². The van der Waals surface area contributed by atoms with Gasteiger partial charge in [-0.2, -0.15) is 0 Å². The van der Waals surface area contributed by atoms with E-state index in [0.29, 0.717) is 17.1 Å². The second-order valence-electron chi connectivity index (χ2n) is 6.93. The molecule has 1 aromatic heterocycles. The number of benzene rings is 1. The highest BCUT2D eigenvalue weighted by Crippen LogP contribution is 2.28. The van der Waals surface area contributed by atoms with Gasteiger partial charge in [0.15, 0.2) is 0 Å². The Labute approximate surface area is 177 Å². The summed E-state index contributed by atoms with van der Waals surface area (Å²) in [6.07, 6.45) is 1.57. The van der Waals surface area contributed by atoms with Crippen molar-refractivity contribution in [1.29, 1.82) is 0 Å². The fourth-order valence-corrected chi connectivity index (χ4v) is 3.43. The van der Waals surface area contributed by atoms with Crippen LogP contribution in [0.4, 0.5) is 15.9 Å². The van der Waals surface area contributed by atoms with Gasteiger partial charge in [-0.05, 0) is 42.3 Å². The first-order valence-electron chi connectivity index (χ1n) is 9.20. The van der Waals surface area contributed by atoms with Crippen molar-refractivity contribution < 1.29 is 23.9 Å². The Morgan fingerprint density at radius 1 is 1.33 bits per heavy atom. The molecular weight excluding hydrogens is 415 g/mol. The lowest BCUT2D eigenvalue weighted by molar-refractivity contribution is -0.149. The van der Waals surface area contributed by atoms with Crippen molar-refractivity contribution in [3.8, 4) is 0 Å². The first-order chi connectivity index (χ1) is 14.2. The zero-order valence-electron chi connectivity index (χ0n) is 16.1. The summed E-state index contributed by atoms with van der Waals surface area (Å²) in [7, 11) is 0. The molecule has 0 radical (unpaired) electrons. The number of carbonyl (C=O) groups is 3. The molecule has 158 valence electrons. The van der Waals surface area contributed by atoms with Crippen LogP contribution < -0.4 is 15.5 Å². The van der Waals surface area contributed by atoms with Gasteiger partial charge in [0.25, 0.3) is 11.8 Å². The average molecular weight is 435 g/mol. The summed E-state index contributed by atoms with van der Waals surface area (Å²) in [5.74, 6) is -2.02. The van der Waals surface area contributed by atoms with E-state index in [0.717, 1.165) is 0 Å². The van der Waals surface area contributed by atoms with Crippen molar-refractivity contribution in [2.45, 2.75) is 25.4 Å². The van der Waals surface area contributed by atoms with Crippen LogP contribution >= 0.6 is 11.6 Å². The monoisotopic (exact) mass is 434 g/mol.